The number of carboxylic acid groups (broad SMARTS) is 1. The van der Waals surface area contributed by atoms with Gasteiger partial charge in [0.05, 0.1) is 5.69 Å². The maximum absolute atomic E-state index is 12.7. The summed E-state index contributed by atoms with van der Waals surface area (Å²) in [6, 6.07) is 0. The summed E-state index contributed by atoms with van der Waals surface area (Å²) in [5.41, 5.74) is 0.855. The van der Waals surface area contributed by atoms with E-state index in [9.17, 15) is 9.18 Å². The lowest BCUT2D eigenvalue weighted by atomic mass is 10.0. The van der Waals surface area contributed by atoms with Crippen LogP contribution in [0.5, 0.6) is 0 Å². The minimum absolute atomic E-state index is 0.0735. The summed E-state index contributed by atoms with van der Waals surface area (Å²) in [4.78, 5) is 11.1. The highest BCUT2D eigenvalue weighted by atomic mass is 19.1. The number of hydrogen-bond acceptors (Lipinski definition) is 2. The van der Waals surface area contributed by atoms with Crippen LogP contribution in [-0.2, 0) is 19.6 Å². The van der Waals surface area contributed by atoms with E-state index in [4.69, 9.17) is 5.11 Å². The highest BCUT2D eigenvalue weighted by Crippen LogP contribution is 2.21. The first-order chi connectivity index (χ1) is 7.74. The second kappa shape index (κ2) is 4.63. The van der Waals surface area contributed by atoms with Crippen LogP contribution in [0.2, 0.25) is 0 Å². The van der Waals surface area contributed by atoms with Crippen LogP contribution in [0.3, 0.4) is 0 Å². The summed E-state index contributed by atoms with van der Waals surface area (Å²) in [7, 11) is 0. The van der Waals surface area contributed by atoms with E-state index in [0.717, 1.165) is 25.7 Å². The Morgan fingerprint density at radius 2 is 2.12 bits per heavy atom. The van der Waals surface area contributed by atoms with Gasteiger partial charge in [-0.25, -0.2) is 9.18 Å². The van der Waals surface area contributed by atoms with Gasteiger partial charge < -0.3 is 5.11 Å². The third kappa shape index (κ3) is 1.94. The van der Waals surface area contributed by atoms with E-state index in [0.29, 0.717) is 18.7 Å². The van der Waals surface area contributed by atoms with Crippen LogP contribution >= 0.6 is 0 Å². The van der Waals surface area contributed by atoms with Crippen molar-refractivity contribution >= 4 is 5.97 Å². The van der Waals surface area contributed by atoms with Gasteiger partial charge in [0.1, 0.15) is 17.9 Å². The first-order valence-corrected chi connectivity index (χ1v) is 5.62. The predicted molar refractivity (Wildman–Crippen MR) is 56.2 cm³/mol. The van der Waals surface area contributed by atoms with E-state index >= 15 is 0 Å². The monoisotopic (exact) mass is 226 g/mol. The number of hydrogen-bond donors (Lipinski definition) is 1. The van der Waals surface area contributed by atoms with Crippen molar-refractivity contribution < 1.29 is 14.3 Å². The SMILES string of the molecule is O=C(O)c1c(CF)nn2c1CCCCCC2. The van der Waals surface area contributed by atoms with Gasteiger partial charge in [0.15, 0.2) is 0 Å². The van der Waals surface area contributed by atoms with Gasteiger partial charge in [-0.1, -0.05) is 12.8 Å². The molecule has 0 radical (unpaired) electrons. The Morgan fingerprint density at radius 1 is 1.38 bits per heavy atom. The van der Waals surface area contributed by atoms with Gasteiger partial charge in [0, 0.05) is 6.54 Å². The molecular weight excluding hydrogens is 211 g/mol. The minimum Gasteiger partial charge on any atom is -0.478 e. The Morgan fingerprint density at radius 3 is 2.81 bits per heavy atom. The summed E-state index contributed by atoms with van der Waals surface area (Å²) in [5, 5.41) is 13.1. The van der Waals surface area contributed by atoms with Gasteiger partial charge in [-0.15, -0.1) is 0 Å². The summed E-state index contributed by atoms with van der Waals surface area (Å²) < 4.78 is 14.4. The van der Waals surface area contributed by atoms with Crippen LogP contribution in [-0.4, -0.2) is 20.9 Å². The van der Waals surface area contributed by atoms with Crippen molar-refractivity contribution in [3.8, 4) is 0 Å². The molecule has 2 rings (SSSR count). The van der Waals surface area contributed by atoms with Gasteiger partial charge in [-0.2, -0.15) is 5.10 Å². The number of aryl methyl sites for hydroxylation is 1. The number of halogens is 1. The molecule has 0 saturated heterocycles. The summed E-state index contributed by atoms with van der Waals surface area (Å²) in [6.07, 6.45) is 4.87. The number of alkyl halides is 1. The van der Waals surface area contributed by atoms with Crippen molar-refractivity contribution in [3.05, 3.63) is 17.0 Å². The molecule has 0 unspecified atom stereocenters. The molecule has 0 amide bonds. The predicted octanol–water partition coefficient (Wildman–Crippen LogP) is 2.17. The van der Waals surface area contributed by atoms with Crippen LogP contribution in [0.25, 0.3) is 0 Å². The summed E-state index contributed by atoms with van der Waals surface area (Å²) >= 11 is 0. The molecule has 1 aromatic heterocycles. The van der Waals surface area contributed by atoms with Gasteiger partial charge in [0.2, 0.25) is 0 Å². The Labute approximate surface area is 93.1 Å². The number of aromatic nitrogens is 2. The average molecular weight is 226 g/mol. The number of fused-ring (bicyclic) bond motifs is 1. The van der Waals surface area contributed by atoms with E-state index in [1.165, 1.54) is 0 Å². The van der Waals surface area contributed by atoms with Crippen molar-refractivity contribution in [2.75, 3.05) is 0 Å². The smallest absolute Gasteiger partial charge is 0.339 e. The van der Waals surface area contributed by atoms with Crippen molar-refractivity contribution in [2.24, 2.45) is 0 Å². The van der Waals surface area contributed by atoms with Crippen LogP contribution in [0.1, 0.15) is 47.4 Å². The fourth-order valence-corrected chi connectivity index (χ4v) is 2.24. The normalized spacial score (nSPS) is 16.3. The molecule has 0 aliphatic carbocycles. The fraction of sp³-hybridized carbons (Fsp3) is 0.636. The molecule has 0 fully saturated rings. The molecule has 0 spiro atoms. The molecule has 1 aliphatic heterocycles. The molecule has 88 valence electrons. The molecule has 1 aromatic rings. The number of carbonyl (C=O) groups is 1. The zero-order valence-corrected chi connectivity index (χ0v) is 9.08. The van der Waals surface area contributed by atoms with Crippen LogP contribution in [0.15, 0.2) is 0 Å². The third-order valence-electron chi connectivity index (χ3n) is 3.00. The van der Waals surface area contributed by atoms with E-state index in [1.807, 2.05) is 0 Å². The van der Waals surface area contributed by atoms with Crippen LogP contribution in [0.4, 0.5) is 4.39 Å². The second-order valence-electron chi connectivity index (χ2n) is 4.09. The Kier molecular flexibility index (Phi) is 3.22. The zero-order valence-electron chi connectivity index (χ0n) is 9.08. The van der Waals surface area contributed by atoms with Gasteiger partial charge in [-0.05, 0) is 19.3 Å². The molecule has 0 aromatic carbocycles. The largest absolute Gasteiger partial charge is 0.478 e. The van der Waals surface area contributed by atoms with Gasteiger partial charge in [-0.3, -0.25) is 4.68 Å². The molecule has 0 saturated carbocycles. The Hall–Kier alpha value is -1.39. The van der Waals surface area contributed by atoms with E-state index in [1.54, 1.807) is 4.68 Å². The Bertz CT molecular complexity index is 401. The lowest BCUT2D eigenvalue weighted by molar-refractivity contribution is 0.0693. The Balaban J connectivity index is 2.44. The fourth-order valence-electron chi connectivity index (χ4n) is 2.24. The summed E-state index contributed by atoms with van der Waals surface area (Å²) in [6.45, 7) is -0.1000. The quantitative estimate of drug-likeness (QED) is 0.840. The lowest BCUT2D eigenvalue weighted by Crippen LogP contribution is -2.10. The van der Waals surface area contributed by atoms with E-state index in [2.05, 4.69) is 5.10 Å². The van der Waals surface area contributed by atoms with E-state index < -0.39 is 12.6 Å². The molecule has 0 atom stereocenters. The molecule has 16 heavy (non-hydrogen) atoms. The first kappa shape index (κ1) is 11.1. The maximum atomic E-state index is 12.7. The topological polar surface area (TPSA) is 55.1 Å². The molecule has 4 nitrogen and oxygen atoms in total. The van der Waals surface area contributed by atoms with E-state index in [-0.39, 0.29) is 11.3 Å². The molecule has 0 bridgehead atoms. The molecule has 1 N–H and O–H groups in total. The van der Waals surface area contributed by atoms with Crippen LogP contribution < -0.4 is 0 Å². The molecular formula is C11H15FN2O2. The highest BCUT2D eigenvalue weighted by Gasteiger charge is 2.23. The van der Waals surface area contributed by atoms with Crippen molar-refractivity contribution in [2.45, 2.75) is 45.3 Å². The first-order valence-electron chi connectivity index (χ1n) is 5.62. The molecule has 2 heterocycles. The number of nitrogens with zero attached hydrogens (tertiary/aromatic N) is 2. The van der Waals surface area contributed by atoms with Crippen molar-refractivity contribution in [1.29, 1.82) is 0 Å². The zero-order chi connectivity index (χ0) is 11.5. The number of aromatic carboxylic acids is 1. The average Bonchev–Trinajstić information content (AvgIpc) is 2.55. The minimum atomic E-state index is -1.06. The second-order valence-corrected chi connectivity index (χ2v) is 4.09. The maximum Gasteiger partial charge on any atom is 0.339 e. The van der Waals surface area contributed by atoms with Crippen molar-refractivity contribution in [3.63, 3.8) is 0 Å². The van der Waals surface area contributed by atoms with Crippen LogP contribution in [0, 0.1) is 0 Å². The third-order valence-corrected chi connectivity index (χ3v) is 3.00. The highest BCUT2D eigenvalue weighted by molar-refractivity contribution is 5.90. The lowest BCUT2D eigenvalue weighted by Gasteiger charge is -2.11. The van der Waals surface area contributed by atoms with Crippen molar-refractivity contribution in [1.82, 2.24) is 9.78 Å². The van der Waals surface area contributed by atoms with Gasteiger partial charge in [0.25, 0.3) is 0 Å². The number of carboxylic acids is 1. The number of rotatable bonds is 2. The van der Waals surface area contributed by atoms with Gasteiger partial charge >= 0.3 is 5.97 Å². The molecule has 5 heteroatoms. The summed E-state index contributed by atoms with van der Waals surface area (Å²) in [5.74, 6) is -1.06. The molecule has 1 aliphatic rings. The standard InChI is InChI=1S/C11H15FN2O2/c12-7-8-10(11(15)16)9-5-3-1-2-4-6-14(9)13-8/h1-7H2,(H,15,16).